The Morgan fingerprint density at radius 3 is 1.57 bits per heavy atom. The van der Waals surface area contributed by atoms with Gasteiger partial charge in [-0.05, 0) is 24.3 Å². The van der Waals surface area contributed by atoms with Gasteiger partial charge < -0.3 is 4.55 Å². The van der Waals surface area contributed by atoms with Gasteiger partial charge in [0.2, 0.25) is 0 Å². The van der Waals surface area contributed by atoms with E-state index in [1.54, 1.807) is 0 Å². The first-order valence-corrected chi connectivity index (χ1v) is 6.77. The van der Waals surface area contributed by atoms with E-state index in [0.29, 0.717) is 0 Å². The molecule has 7 heteroatoms. The van der Waals surface area contributed by atoms with Crippen LogP contribution in [-0.4, -0.2) is 27.6 Å². The summed E-state index contributed by atoms with van der Waals surface area (Å²) in [4.78, 5) is -0.463. The number of hydrogen-bond acceptors (Lipinski definition) is 5. The number of sulfone groups is 1. The second-order valence-electron chi connectivity index (χ2n) is 2.70. The van der Waals surface area contributed by atoms with Crippen LogP contribution in [-0.2, 0) is 20.0 Å². The van der Waals surface area contributed by atoms with E-state index >= 15 is 0 Å². The first-order valence-electron chi connectivity index (χ1n) is 3.47. The largest absolute Gasteiger partial charge is 0.744 e. The van der Waals surface area contributed by atoms with Gasteiger partial charge in [0.05, 0.1) is 9.79 Å². The fourth-order valence-corrected chi connectivity index (χ4v) is 1.95. The summed E-state index contributed by atoms with van der Waals surface area (Å²) in [7, 11) is -7.87. The maximum absolute atomic E-state index is 11.0. The zero-order valence-corrected chi connectivity index (χ0v) is 8.80. The molecule has 0 radical (unpaired) electrons. The molecule has 0 unspecified atom stereocenters. The van der Waals surface area contributed by atoms with Crippen molar-refractivity contribution in [3.8, 4) is 0 Å². The highest BCUT2D eigenvalue weighted by molar-refractivity contribution is 7.90. The Morgan fingerprint density at radius 2 is 1.29 bits per heavy atom. The summed E-state index contributed by atoms with van der Waals surface area (Å²) < 4.78 is 53.4. The zero-order chi connectivity index (χ0) is 11.0. The molecular formula is C7H7O5S2-. The van der Waals surface area contributed by atoms with E-state index in [-0.39, 0.29) is 4.90 Å². The Hall–Kier alpha value is -0.920. The van der Waals surface area contributed by atoms with Crippen LogP contribution >= 0.6 is 0 Å². The summed E-state index contributed by atoms with van der Waals surface area (Å²) in [5.74, 6) is 0. The fraction of sp³-hybridized carbons (Fsp3) is 0.143. The Bertz CT molecular complexity index is 473. The smallest absolute Gasteiger partial charge is 0.175 e. The van der Waals surface area contributed by atoms with Crippen LogP contribution in [0.3, 0.4) is 0 Å². The van der Waals surface area contributed by atoms with Crippen molar-refractivity contribution in [1.82, 2.24) is 0 Å². The summed E-state index contributed by atoms with van der Waals surface area (Å²) in [6.45, 7) is 0. The lowest BCUT2D eigenvalue weighted by Crippen LogP contribution is -2.01. The van der Waals surface area contributed by atoms with Gasteiger partial charge in [0.1, 0.15) is 10.1 Å². The van der Waals surface area contributed by atoms with Gasteiger partial charge in [-0.1, -0.05) is 0 Å². The minimum Gasteiger partial charge on any atom is -0.744 e. The van der Waals surface area contributed by atoms with Gasteiger partial charge in [-0.25, -0.2) is 16.8 Å². The average Bonchev–Trinajstić information content (AvgIpc) is 2.01. The predicted molar refractivity (Wildman–Crippen MR) is 47.5 cm³/mol. The van der Waals surface area contributed by atoms with Gasteiger partial charge in [-0.3, -0.25) is 0 Å². The first kappa shape index (κ1) is 11.2. The molecule has 0 N–H and O–H groups in total. The van der Waals surface area contributed by atoms with Gasteiger partial charge >= 0.3 is 0 Å². The third-order valence-electron chi connectivity index (χ3n) is 1.54. The van der Waals surface area contributed by atoms with Crippen LogP contribution in [0, 0.1) is 0 Å². The van der Waals surface area contributed by atoms with E-state index in [1.165, 1.54) is 0 Å². The molecule has 0 spiro atoms. The lowest BCUT2D eigenvalue weighted by atomic mass is 10.4. The molecule has 5 nitrogen and oxygen atoms in total. The van der Waals surface area contributed by atoms with Gasteiger partial charge in [0, 0.05) is 6.26 Å². The van der Waals surface area contributed by atoms with Crippen LogP contribution < -0.4 is 0 Å². The van der Waals surface area contributed by atoms with E-state index < -0.39 is 24.9 Å². The molecule has 0 aliphatic rings. The Morgan fingerprint density at radius 1 is 0.929 bits per heavy atom. The molecule has 0 saturated heterocycles. The molecule has 0 saturated carbocycles. The SMILES string of the molecule is CS(=O)(=O)c1ccc(S(=O)(=O)[O-])cc1. The molecule has 0 aromatic heterocycles. The van der Waals surface area contributed by atoms with Gasteiger partial charge in [-0.15, -0.1) is 0 Å². The van der Waals surface area contributed by atoms with Gasteiger partial charge in [0.15, 0.2) is 9.84 Å². The topological polar surface area (TPSA) is 91.3 Å². The normalized spacial score (nSPS) is 12.7. The van der Waals surface area contributed by atoms with Crippen LogP contribution in [0.2, 0.25) is 0 Å². The van der Waals surface area contributed by atoms with E-state index in [9.17, 15) is 21.4 Å². The second-order valence-corrected chi connectivity index (χ2v) is 6.09. The van der Waals surface area contributed by atoms with Crippen molar-refractivity contribution in [2.45, 2.75) is 9.79 Å². The molecule has 78 valence electrons. The lowest BCUT2D eigenvalue weighted by Gasteiger charge is -2.06. The van der Waals surface area contributed by atoms with Crippen LogP contribution in [0.4, 0.5) is 0 Å². The van der Waals surface area contributed by atoms with Crippen molar-refractivity contribution < 1.29 is 21.4 Å². The molecule has 0 bridgehead atoms. The lowest BCUT2D eigenvalue weighted by molar-refractivity contribution is 0.463. The molecule has 1 rings (SSSR count). The van der Waals surface area contributed by atoms with Crippen LogP contribution in [0.25, 0.3) is 0 Å². The molecule has 0 atom stereocenters. The van der Waals surface area contributed by atoms with Crippen LogP contribution in [0.5, 0.6) is 0 Å². The molecule has 1 aromatic carbocycles. The monoisotopic (exact) mass is 235 g/mol. The quantitative estimate of drug-likeness (QED) is 0.672. The first-order chi connectivity index (χ1) is 6.21. The maximum Gasteiger partial charge on any atom is 0.175 e. The summed E-state index contributed by atoms with van der Waals surface area (Å²) in [5.41, 5.74) is 0. The molecule has 1 aromatic rings. The Kier molecular flexibility index (Phi) is 2.66. The number of rotatable bonds is 2. The molecule has 0 aliphatic heterocycles. The number of hydrogen-bond donors (Lipinski definition) is 0. The molecule has 0 heterocycles. The van der Waals surface area contributed by atoms with Crippen molar-refractivity contribution in [2.24, 2.45) is 0 Å². The van der Waals surface area contributed by atoms with Crippen molar-refractivity contribution in [2.75, 3.05) is 6.26 Å². The molecular weight excluding hydrogens is 228 g/mol. The highest BCUT2D eigenvalue weighted by Gasteiger charge is 2.07. The highest BCUT2D eigenvalue weighted by Crippen LogP contribution is 2.13. The van der Waals surface area contributed by atoms with Crippen LogP contribution in [0.15, 0.2) is 34.1 Å². The average molecular weight is 235 g/mol. The third-order valence-corrected chi connectivity index (χ3v) is 3.52. The highest BCUT2D eigenvalue weighted by atomic mass is 32.2. The van der Waals surface area contributed by atoms with E-state index in [0.717, 1.165) is 30.5 Å². The third kappa shape index (κ3) is 2.53. The van der Waals surface area contributed by atoms with E-state index in [1.807, 2.05) is 0 Å². The molecule has 14 heavy (non-hydrogen) atoms. The van der Waals surface area contributed by atoms with Crippen molar-refractivity contribution in [3.05, 3.63) is 24.3 Å². The minimum atomic E-state index is -4.51. The summed E-state index contributed by atoms with van der Waals surface area (Å²) in [6.07, 6.45) is 0.994. The maximum atomic E-state index is 11.0. The standard InChI is InChI=1S/C7H8O5S2/c1-13(8,9)6-2-4-7(5-3-6)14(10,11)12/h2-5H,1H3,(H,10,11,12)/p-1. The number of benzene rings is 1. The predicted octanol–water partition coefficient (Wildman–Crippen LogP) is -0.00580. The Balaban J connectivity index is 3.28. The van der Waals surface area contributed by atoms with Crippen molar-refractivity contribution in [1.29, 1.82) is 0 Å². The Labute approximate surface area is 82.1 Å². The van der Waals surface area contributed by atoms with E-state index in [4.69, 9.17) is 0 Å². The van der Waals surface area contributed by atoms with Crippen molar-refractivity contribution in [3.63, 3.8) is 0 Å². The molecule has 0 aliphatic carbocycles. The summed E-state index contributed by atoms with van der Waals surface area (Å²) in [5, 5.41) is 0. The fourth-order valence-electron chi connectivity index (χ4n) is 0.854. The van der Waals surface area contributed by atoms with E-state index in [2.05, 4.69) is 0 Å². The summed E-state index contributed by atoms with van der Waals surface area (Å²) in [6, 6.07) is 4.11. The second kappa shape index (κ2) is 3.34. The van der Waals surface area contributed by atoms with Crippen LogP contribution in [0.1, 0.15) is 0 Å². The van der Waals surface area contributed by atoms with Crippen molar-refractivity contribution >= 4 is 20.0 Å². The van der Waals surface area contributed by atoms with Gasteiger partial charge in [-0.2, -0.15) is 0 Å². The molecule has 0 fully saturated rings. The minimum absolute atomic E-state index is 0.0232. The summed E-state index contributed by atoms with van der Waals surface area (Å²) >= 11 is 0. The molecule has 0 amide bonds. The zero-order valence-electron chi connectivity index (χ0n) is 7.17. The van der Waals surface area contributed by atoms with Gasteiger partial charge in [0.25, 0.3) is 0 Å².